The number of unbranched alkanes of at least 4 members (excludes halogenated alkanes) is 1. The van der Waals surface area contributed by atoms with Gasteiger partial charge >= 0.3 is 5.69 Å². The summed E-state index contributed by atoms with van der Waals surface area (Å²) in [6, 6.07) is 5.73. The monoisotopic (exact) mass is 460 g/mol. The largest absolute Gasteiger partial charge is 0.355 e. The maximum absolute atomic E-state index is 13.6. The van der Waals surface area contributed by atoms with Crippen LogP contribution in [0.1, 0.15) is 38.3 Å². The molecular formula is C19H27Cl2FN6O2. The van der Waals surface area contributed by atoms with E-state index in [9.17, 15) is 14.5 Å². The van der Waals surface area contributed by atoms with E-state index in [1.165, 1.54) is 6.07 Å². The number of hydrogen-bond acceptors (Lipinski definition) is 7. The van der Waals surface area contributed by atoms with E-state index >= 15 is 0 Å². The van der Waals surface area contributed by atoms with Gasteiger partial charge in [0.2, 0.25) is 11.8 Å². The van der Waals surface area contributed by atoms with Crippen molar-refractivity contribution in [3.63, 3.8) is 0 Å². The van der Waals surface area contributed by atoms with E-state index in [2.05, 4.69) is 27.1 Å². The molecule has 11 heteroatoms. The molecule has 1 aliphatic heterocycles. The van der Waals surface area contributed by atoms with Crippen LogP contribution in [0.2, 0.25) is 0 Å². The summed E-state index contributed by atoms with van der Waals surface area (Å²) in [6.07, 6.45) is 4.85. The fourth-order valence-electron chi connectivity index (χ4n) is 3.26. The molecule has 0 bridgehead atoms. The van der Waals surface area contributed by atoms with Crippen LogP contribution < -0.4 is 16.0 Å². The maximum Gasteiger partial charge on any atom is 0.306 e. The third-order valence-electron chi connectivity index (χ3n) is 4.73. The first-order valence-corrected chi connectivity index (χ1v) is 9.55. The van der Waals surface area contributed by atoms with E-state index in [1.54, 1.807) is 0 Å². The van der Waals surface area contributed by atoms with Gasteiger partial charge in [0.25, 0.3) is 0 Å². The Balaban J connectivity index is 0.00000225. The highest BCUT2D eigenvalue weighted by Crippen LogP contribution is 2.25. The van der Waals surface area contributed by atoms with E-state index in [1.807, 2.05) is 6.07 Å². The van der Waals surface area contributed by atoms with Crippen LogP contribution in [0.4, 0.5) is 27.5 Å². The van der Waals surface area contributed by atoms with E-state index in [0.717, 1.165) is 68.8 Å². The minimum absolute atomic E-state index is 0. The van der Waals surface area contributed by atoms with Crippen molar-refractivity contribution in [2.75, 3.05) is 23.3 Å². The molecule has 0 amide bonds. The lowest BCUT2D eigenvalue weighted by molar-refractivity contribution is -0.387. The van der Waals surface area contributed by atoms with Crippen molar-refractivity contribution < 1.29 is 9.31 Å². The summed E-state index contributed by atoms with van der Waals surface area (Å²) in [4.78, 5) is 21.5. The number of benzene rings is 1. The van der Waals surface area contributed by atoms with Gasteiger partial charge in [0.05, 0.1) is 4.92 Å². The summed E-state index contributed by atoms with van der Waals surface area (Å²) in [7, 11) is 0. The van der Waals surface area contributed by atoms with Crippen LogP contribution in [0.3, 0.4) is 0 Å². The fourth-order valence-corrected chi connectivity index (χ4v) is 3.26. The van der Waals surface area contributed by atoms with Crippen molar-refractivity contribution in [2.45, 2.75) is 45.1 Å². The van der Waals surface area contributed by atoms with Crippen molar-refractivity contribution in [3.05, 3.63) is 45.9 Å². The molecule has 0 saturated carbocycles. The molecule has 2 aromatic rings. The summed E-state index contributed by atoms with van der Waals surface area (Å²) in [5.41, 5.74) is 6.77. The highest BCUT2D eigenvalue weighted by molar-refractivity contribution is 5.85. The molecule has 3 rings (SSSR count). The number of hydrogen-bond donors (Lipinski definition) is 2. The van der Waals surface area contributed by atoms with Crippen molar-refractivity contribution in [2.24, 2.45) is 5.73 Å². The van der Waals surface area contributed by atoms with Crippen molar-refractivity contribution in [3.8, 4) is 0 Å². The van der Waals surface area contributed by atoms with E-state index in [-0.39, 0.29) is 30.9 Å². The normalized spacial score (nSPS) is 15.7. The number of halogens is 3. The number of nitrogens with zero attached hydrogens (tertiary/aromatic N) is 4. The van der Waals surface area contributed by atoms with Crippen molar-refractivity contribution in [1.29, 1.82) is 0 Å². The molecular weight excluding hydrogens is 434 g/mol. The molecule has 1 unspecified atom stereocenters. The van der Waals surface area contributed by atoms with Crippen molar-refractivity contribution >= 4 is 48.0 Å². The van der Waals surface area contributed by atoms with E-state index in [0.29, 0.717) is 11.6 Å². The molecule has 1 aromatic heterocycles. The Hall–Kier alpha value is -2.23. The number of anilines is 3. The van der Waals surface area contributed by atoms with Gasteiger partial charge in [-0.25, -0.2) is 4.98 Å². The van der Waals surface area contributed by atoms with Gasteiger partial charge in [-0.1, -0.05) is 13.3 Å². The summed E-state index contributed by atoms with van der Waals surface area (Å²) >= 11 is 0. The third-order valence-corrected chi connectivity index (χ3v) is 4.73. The predicted octanol–water partition coefficient (Wildman–Crippen LogP) is 4.38. The molecule has 8 nitrogen and oxygen atoms in total. The summed E-state index contributed by atoms with van der Waals surface area (Å²) in [6.45, 7) is 3.72. The Morgan fingerprint density at radius 1 is 1.33 bits per heavy atom. The number of nitro benzene ring substituents is 1. The molecule has 30 heavy (non-hydrogen) atoms. The first-order chi connectivity index (χ1) is 13.5. The number of nitro groups is 1. The van der Waals surface area contributed by atoms with Gasteiger partial charge in [0, 0.05) is 42.6 Å². The minimum atomic E-state index is -0.879. The molecule has 0 spiro atoms. The molecule has 1 aromatic carbocycles. The van der Waals surface area contributed by atoms with Gasteiger partial charge in [-0.05, 0) is 37.8 Å². The lowest BCUT2D eigenvalue weighted by Gasteiger charge is -2.32. The zero-order chi connectivity index (χ0) is 20.1. The quantitative estimate of drug-likeness (QED) is 0.465. The summed E-state index contributed by atoms with van der Waals surface area (Å²) in [5, 5.41) is 14.0. The van der Waals surface area contributed by atoms with Gasteiger partial charge in [0.1, 0.15) is 5.82 Å². The molecule has 3 N–H and O–H groups in total. The van der Waals surface area contributed by atoms with Crippen LogP contribution in [0.25, 0.3) is 0 Å². The first kappa shape index (κ1) is 25.8. The molecule has 0 radical (unpaired) electrons. The second-order valence-corrected chi connectivity index (χ2v) is 7.04. The predicted molar refractivity (Wildman–Crippen MR) is 121 cm³/mol. The average molecular weight is 461 g/mol. The second-order valence-electron chi connectivity index (χ2n) is 7.04. The number of piperidine rings is 1. The fraction of sp³-hybridized carbons (Fsp3) is 0.474. The first-order valence-electron chi connectivity index (χ1n) is 9.55. The number of nitrogens with two attached hydrogens (primary N) is 1. The maximum atomic E-state index is 13.6. The van der Waals surface area contributed by atoms with Gasteiger partial charge in [-0.2, -0.15) is 9.37 Å². The van der Waals surface area contributed by atoms with Crippen molar-refractivity contribution in [1.82, 2.24) is 9.97 Å². The molecule has 1 fully saturated rings. The molecule has 1 saturated heterocycles. The Bertz CT molecular complexity index is 858. The number of aromatic nitrogens is 2. The van der Waals surface area contributed by atoms with Crippen LogP contribution in [0.15, 0.2) is 24.3 Å². The SMILES string of the molecule is CCCCc1cc(N2CCCC(N)C2)nc(Nc2ccc(F)c([N+](=O)[O-])c2)n1.Cl.Cl. The number of rotatable bonds is 7. The van der Waals surface area contributed by atoms with Crippen LogP contribution in [0, 0.1) is 15.9 Å². The summed E-state index contributed by atoms with van der Waals surface area (Å²) in [5.74, 6) is 0.246. The number of aryl methyl sites for hydroxylation is 1. The molecule has 1 atom stereocenters. The lowest BCUT2D eigenvalue weighted by atomic mass is 10.1. The Labute approximate surface area is 187 Å². The zero-order valence-corrected chi connectivity index (χ0v) is 18.3. The third kappa shape index (κ3) is 6.65. The highest BCUT2D eigenvalue weighted by Gasteiger charge is 2.20. The van der Waals surface area contributed by atoms with E-state index in [4.69, 9.17) is 5.73 Å². The molecule has 1 aliphatic rings. The van der Waals surface area contributed by atoms with Crippen LogP contribution >= 0.6 is 24.8 Å². The van der Waals surface area contributed by atoms with Gasteiger partial charge in [-0.15, -0.1) is 24.8 Å². The van der Waals surface area contributed by atoms with Gasteiger partial charge in [-0.3, -0.25) is 10.1 Å². The average Bonchev–Trinajstić information content (AvgIpc) is 2.67. The second kappa shape index (κ2) is 11.8. The standard InChI is InChI=1S/C19H25FN6O2.2ClH/c1-2-3-6-14-11-18(25-9-4-5-13(21)12-25)24-19(22-14)23-15-7-8-16(20)17(10-15)26(27)28;;/h7-8,10-11,13H,2-6,9,12,21H2,1H3,(H,22,23,24);2*1H. The Morgan fingerprint density at radius 3 is 2.77 bits per heavy atom. The van der Waals surface area contributed by atoms with Gasteiger partial charge in [0.15, 0.2) is 0 Å². The molecule has 0 aliphatic carbocycles. The highest BCUT2D eigenvalue weighted by atomic mass is 35.5. The molecule has 166 valence electrons. The topological polar surface area (TPSA) is 110 Å². The van der Waals surface area contributed by atoms with Gasteiger partial charge < -0.3 is 16.0 Å². The van der Waals surface area contributed by atoms with Crippen LogP contribution in [0.5, 0.6) is 0 Å². The van der Waals surface area contributed by atoms with E-state index < -0.39 is 16.4 Å². The lowest BCUT2D eigenvalue weighted by Crippen LogP contribution is -2.43. The minimum Gasteiger partial charge on any atom is -0.355 e. The Kier molecular flexibility index (Phi) is 10.2. The summed E-state index contributed by atoms with van der Waals surface area (Å²) < 4.78 is 13.6. The Morgan fingerprint density at radius 2 is 2.10 bits per heavy atom. The zero-order valence-electron chi connectivity index (χ0n) is 16.7. The smallest absolute Gasteiger partial charge is 0.306 e. The number of nitrogens with one attached hydrogen (secondary N) is 1. The van der Waals surface area contributed by atoms with Crippen LogP contribution in [-0.4, -0.2) is 34.0 Å². The molecule has 2 heterocycles. The van der Waals surface area contributed by atoms with Crippen LogP contribution in [-0.2, 0) is 6.42 Å².